The average molecular weight is 620 g/mol. The number of para-hydroxylation sites is 2. The number of nitrogens with two attached hydrogens (primary N) is 1. The van der Waals surface area contributed by atoms with Crippen LogP contribution in [0.25, 0.3) is 65.8 Å². The minimum Gasteiger partial charge on any atom is -0.383 e. The molecule has 2 aromatic heterocycles. The highest BCUT2D eigenvalue weighted by molar-refractivity contribution is 6.28. The minimum absolute atomic E-state index is 0.194. The van der Waals surface area contributed by atoms with Gasteiger partial charge in [-0.05, 0) is 47.5 Å². The smallest absolute Gasteiger partial charge is 0.205 e. The maximum absolute atomic E-state index is 7.15. The fraction of sp³-hybridized carbons (Fsp3) is 0.0465. The maximum Gasteiger partial charge on any atom is 0.205 e. The van der Waals surface area contributed by atoms with E-state index >= 15 is 0 Å². The van der Waals surface area contributed by atoms with Gasteiger partial charge in [-0.2, -0.15) is 0 Å². The number of hydrogen-bond acceptors (Lipinski definition) is 2. The SMILES string of the molecule is N/C(=N\C(=C/NC1C=CC=CC1)c1ccccc1)n1c2ccccc2c2ccc3c(c4ccccc4n3-c3ccc4ccccc4c3)c21. The number of fused-ring (bicyclic) bond motifs is 8. The van der Waals surface area contributed by atoms with Crippen LogP contribution in [0.15, 0.2) is 169 Å². The number of allylic oxidation sites excluding steroid dienone is 2. The van der Waals surface area contributed by atoms with Crippen LogP contribution in [0, 0.1) is 0 Å². The van der Waals surface area contributed by atoms with Crippen LogP contribution >= 0.6 is 0 Å². The minimum atomic E-state index is 0.194. The zero-order valence-corrected chi connectivity index (χ0v) is 26.3. The van der Waals surface area contributed by atoms with Crippen molar-refractivity contribution in [2.24, 2.45) is 10.7 Å². The third-order valence-corrected chi connectivity index (χ3v) is 9.41. The Kier molecular flexibility index (Phi) is 6.68. The lowest BCUT2D eigenvalue weighted by Gasteiger charge is -2.15. The topological polar surface area (TPSA) is 60.3 Å². The lowest BCUT2D eigenvalue weighted by molar-refractivity contribution is 0.705. The Balaban J connectivity index is 1.32. The highest BCUT2D eigenvalue weighted by Crippen LogP contribution is 2.41. The second kappa shape index (κ2) is 11.5. The van der Waals surface area contributed by atoms with Crippen molar-refractivity contribution in [2.75, 3.05) is 0 Å². The van der Waals surface area contributed by atoms with Crippen LogP contribution in [-0.4, -0.2) is 21.1 Å². The molecule has 3 N–H and O–H groups in total. The van der Waals surface area contributed by atoms with Crippen LogP contribution in [0.3, 0.4) is 0 Å². The quantitative estimate of drug-likeness (QED) is 0.149. The molecule has 2 heterocycles. The van der Waals surface area contributed by atoms with Gasteiger partial charge >= 0.3 is 0 Å². The number of aromatic nitrogens is 2. The van der Waals surface area contributed by atoms with Crippen LogP contribution in [0.1, 0.15) is 12.0 Å². The first kappa shape index (κ1) is 27.9. The second-order valence-corrected chi connectivity index (χ2v) is 12.3. The van der Waals surface area contributed by atoms with Crippen molar-refractivity contribution >= 4 is 66.0 Å². The summed E-state index contributed by atoms with van der Waals surface area (Å²) in [5.74, 6) is 0.409. The van der Waals surface area contributed by atoms with Crippen LogP contribution in [-0.2, 0) is 0 Å². The summed E-state index contributed by atoms with van der Waals surface area (Å²) in [4.78, 5) is 5.17. The Hall–Kier alpha value is -6.33. The molecule has 0 amide bonds. The molecule has 0 saturated heterocycles. The van der Waals surface area contributed by atoms with E-state index in [4.69, 9.17) is 10.7 Å². The molecule has 9 rings (SSSR count). The molecule has 0 aliphatic heterocycles. The van der Waals surface area contributed by atoms with Gasteiger partial charge in [0.1, 0.15) is 0 Å². The molecule has 6 aromatic carbocycles. The van der Waals surface area contributed by atoms with E-state index in [9.17, 15) is 0 Å². The molecular weight excluding hydrogens is 587 g/mol. The highest BCUT2D eigenvalue weighted by atomic mass is 15.2. The Morgan fingerprint density at radius 3 is 2.27 bits per heavy atom. The molecule has 1 aliphatic rings. The normalized spacial score (nSPS) is 15.4. The average Bonchev–Trinajstić information content (AvgIpc) is 3.67. The fourth-order valence-corrected chi connectivity index (χ4v) is 7.19. The van der Waals surface area contributed by atoms with E-state index in [2.05, 4.69) is 154 Å². The van der Waals surface area contributed by atoms with Crippen LogP contribution in [0.2, 0.25) is 0 Å². The largest absolute Gasteiger partial charge is 0.383 e. The van der Waals surface area contributed by atoms with Crippen molar-refractivity contribution in [1.29, 1.82) is 0 Å². The van der Waals surface area contributed by atoms with E-state index in [0.29, 0.717) is 5.96 Å². The standard InChI is InChI=1S/C43H33N5/c44-43(46-37(30-14-3-1-4-15-30)28-45-32-17-5-2-6-18-32)48-38-21-11-9-19-34(38)35-25-26-40-41(42(35)48)36-20-10-12-22-39(36)47(40)33-24-23-29-13-7-8-16-31(29)27-33/h1-17,19-28,32,45H,18H2,(H2,44,46)/b37-28-. The van der Waals surface area contributed by atoms with Gasteiger partial charge in [0.2, 0.25) is 5.96 Å². The van der Waals surface area contributed by atoms with E-state index in [1.807, 2.05) is 24.4 Å². The van der Waals surface area contributed by atoms with Crippen LogP contribution in [0.5, 0.6) is 0 Å². The zero-order chi connectivity index (χ0) is 32.0. The fourth-order valence-electron chi connectivity index (χ4n) is 7.19. The number of aliphatic imine (C=N–C) groups is 1. The molecule has 0 radical (unpaired) electrons. The van der Waals surface area contributed by atoms with Crippen molar-refractivity contribution < 1.29 is 0 Å². The third-order valence-electron chi connectivity index (χ3n) is 9.41. The van der Waals surface area contributed by atoms with Crippen molar-refractivity contribution in [3.05, 3.63) is 170 Å². The van der Waals surface area contributed by atoms with Gasteiger partial charge in [0.05, 0.1) is 27.8 Å². The molecule has 1 atom stereocenters. The summed E-state index contributed by atoms with van der Waals surface area (Å²) in [6, 6.07) is 47.2. The maximum atomic E-state index is 7.15. The number of benzene rings is 6. The first-order valence-corrected chi connectivity index (χ1v) is 16.4. The van der Waals surface area contributed by atoms with Crippen LogP contribution in [0.4, 0.5) is 0 Å². The lowest BCUT2D eigenvalue weighted by Crippen LogP contribution is -2.24. The van der Waals surface area contributed by atoms with Crippen LogP contribution < -0.4 is 11.1 Å². The van der Waals surface area contributed by atoms with Gasteiger partial charge in [0, 0.05) is 45.0 Å². The predicted octanol–water partition coefficient (Wildman–Crippen LogP) is 9.68. The summed E-state index contributed by atoms with van der Waals surface area (Å²) >= 11 is 0. The van der Waals surface area contributed by atoms with Gasteiger partial charge in [-0.15, -0.1) is 0 Å². The zero-order valence-electron chi connectivity index (χ0n) is 26.3. The molecule has 1 aliphatic carbocycles. The highest BCUT2D eigenvalue weighted by Gasteiger charge is 2.21. The van der Waals surface area contributed by atoms with E-state index in [1.54, 1.807) is 0 Å². The summed E-state index contributed by atoms with van der Waals surface area (Å²) < 4.78 is 4.52. The molecule has 1 unspecified atom stereocenters. The van der Waals surface area contributed by atoms with Crippen molar-refractivity contribution in [3.8, 4) is 5.69 Å². The molecule has 5 heteroatoms. The summed E-state index contributed by atoms with van der Waals surface area (Å²) in [6.07, 6.45) is 11.4. The Bertz CT molecular complexity index is 2630. The number of nitrogens with one attached hydrogen (secondary N) is 1. The molecule has 0 saturated carbocycles. The molecule has 0 bridgehead atoms. The molecule has 230 valence electrons. The predicted molar refractivity (Wildman–Crippen MR) is 203 cm³/mol. The molecule has 8 aromatic rings. The summed E-state index contributed by atoms with van der Waals surface area (Å²) in [6.45, 7) is 0. The Morgan fingerprint density at radius 1 is 0.688 bits per heavy atom. The van der Waals surface area contributed by atoms with Gasteiger partial charge < -0.3 is 15.6 Å². The van der Waals surface area contributed by atoms with Gasteiger partial charge in [0.25, 0.3) is 0 Å². The first-order chi connectivity index (χ1) is 23.7. The number of hydrogen-bond donors (Lipinski definition) is 2. The van der Waals surface area contributed by atoms with E-state index in [-0.39, 0.29) is 6.04 Å². The van der Waals surface area contributed by atoms with Gasteiger partial charge in [-0.1, -0.05) is 127 Å². The van der Waals surface area contributed by atoms with Crippen molar-refractivity contribution in [3.63, 3.8) is 0 Å². The first-order valence-electron chi connectivity index (χ1n) is 16.4. The molecule has 0 fully saturated rings. The second-order valence-electron chi connectivity index (χ2n) is 12.3. The van der Waals surface area contributed by atoms with E-state index < -0.39 is 0 Å². The lowest BCUT2D eigenvalue weighted by atomic mass is 10.1. The van der Waals surface area contributed by atoms with Gasteiger partial charge in [-0.3, -0.25) is 4.57 Å². The molecule has 48 heavy (non-hydrogen) atoms. The van der Waals surface area contributed by atoms with Crippen molar-refractivity contribution in [1.82, 2.24) is 14.5 Å². The summed E-state index contributed by atoms with van der Waals surface area (Å²) in [5, 5.41) is 10.6. The van der Waals surface area contributed by atoms with Gasteiger partial charge in [-0.25, -0.2) is 4.99 Å². The molecule has 5 nitrogen and oxygen atoms in total. The number of rotatable bonds is 5. The monoisotopic (exact) mass is 619 g/mol. The number of nitrogens with zero attached hydrogens (tertiary/aromatic N) is 3. The van der Waals surface area contributed by atoms with Gasteiger partial charge in [0.15, 0.2) is 0 Å². The Morgan fingerprint density at radius 2 is 1.44 bits per heavy atom. The summed E-state index contributed by atoms with van der Waals surface area (Å²) in [7, 11) is 0. The Labute approximate surface area is 278 Å². The van der Waals surface area contributed by atoms with E-state index in [1.165, 1.54) is 16.2 Å². The summed E-state index contributed by atoms with van der Waals surface area (Å²) in [5.41, 5.74) is 14.4. The molecular formula is C43H33N5. The van der Waals surface area contributed by atoms with E-state index in [0.717, 1.165) is 61.6 Å². The van der Waals surface area contributed by atoms with Crippen molar-refractivity contribution in [2.45, 2.75) is 12.5 Å². The third kappa shape index (κ3) is 4.59. The molecule has 0 spiro atoms.